The monoisotopic (exact) mass is 472 g/mol. The van der Waals surface area contributed by atoms with E-state index < -0.39 is 0 Å². The van der Waals surface area contributed by atoms with Crippen LogP contribution in [-0.2, 0) is 6.54 Å². The molecule has 0 fully saturated rings. The Balaban J connectivity index is 1.47. The van der Waals surface area contributed by atoms with Gasteiger partial charge in [-0.2, -0.15) is 4.57 Å². The predicted molar refractivity (Wildman–Crippen MR) is 128 cm³/mol. The van der Waals surface area contributed by atoms with Crippen molar-refractivity contribution >= 4 is 49.6 Å². The van der Waals surface area contributed by atoms with Crippen LogP contribution in [0.2, 0.25) is 0 Å². The second-order valence-electron chi connectivity index (χ2n) is 7.02. The van der Waals surface area contributed by atoms with Crippen molar-refractivity contribution in [2.45, 2.75) is 6.54 Å². The zero-order chi connectivity index (χ0) is 20.3. The van der Waals surface area contributed by atoms with Gasteiger partial charge in [-0.25, -0.2) is 0 Å². The first kappa shape index (κ1) is 19.0. The highest BCUT2D eigenvalue weighted by Gasteiger charge is 2.18. The molecule has 2 nitrogen and oxygen atoms in total. The van der Waals surface area contributed by atoms with E-state index in [9.17, 15) is 0 Å². The topological polar surface area (TPSA) is 17.0 Å². The van der Waals surface area contributed by atoms with E-state index in [4.69, 9.17) is 4.42 Å². The Hall–Kier alpha value is -2.95. The SMILES string of the molecule is Brc1ccc(-c2ccc(/C=C/c3sc4ccccc4[n+]3Cc3ccccc3)o2)cc1. The Morgan fingerprint density at radius 3 is 2.40 bits per heavy atom. The van der Waals surface area contributed by atoms with Crippen molar-refractivity contribution in [2.24, 2.45) is 0 Å². The molecule has 0 unspecified atom stereocenters. The summed E-state index contributed by atoms with van der Waals surface area (Å²) in [6, 6.07) is 31.3. The Kier molecular flexibility index (Phi) is 5.35. The molecule has 0 saturated heterocycles. The molecule has 0 saturated carbocycles. The number of thiazole rings is 1. The Morgan fingerprint density at radius 1 is 0.800 bits per heavy atom. The highest BCUT2D eigenvalue weighted by molar-refractivity contribution is 9.10. The van der Waals surface area contributed by atoms with Crippen molar-refractivity contribution in [2.75, 3.05) is 0 Å². The lowest BCUT2D eigenvalue weighted by Crippen LogP contribution is -2.35. The third kappa shape index (κ3) is 4.02. The van der Waals surface area contributed by atoms with Gasteiger partial charge in [-0.05, 0) is 36.4 Å². The summed E-state index contributed by atoms with van der Waals surface area (Å²) < 4.78 is 10.8. The van der Waals surface area contributed by atoms with E-state index >= 15 is 0 Å². The van der Waals surface area contributed by atoms with Gasteiger partial charge < -0.3 is 4.42 Å². The molecule has 0 atom stereocenters. The number of para-hydroxylation sites is 1. The van der Waals surface area contributed by atoms with Crippen LogP contribution < -0.4 is 4.57 Å². The molecule has 2 heterocycles. The summed E-state index contributed by atoms with van der Waals surface area (Å²) >= 11 is 5.27. The van der Waals surface area contributed by atoms with Crippen LogP contribution in [0, 0.1) is 0 Å². The van der Waals surface area contributed by atoms with Gasteiger partial charge in [0.15, 0.2) is 6.54 Å². The van der Waals surface area contributed by atoms with Crippen LogP contribution in [0.5, 0.6) is 0 Å². The lowest BCUT2D eigenvalue weighted by Gasteiger charge is -1.98. The maximum Gasteiger partial charge on any atom is 0.263 e. The molecule has 2 aromatic heterocycles. The van der Waals surface area contributed by atoms with Crippen LogP contribution in [0.1, 0.15) is 16.3 Å². The van der Waals surface area contributed by atoms with Crippen LogP contribution >= 0.6 is 27.3 Å². The average molecular weight is 473 g/mol. The lowest BCUT2D eigenvalue weighted by molar-refractivity contribution is -0.659. The molecular formula is C26H19BrNOS+. The summed E-state index contributed by atoms with van der Waals surface area (Å²) in [7, 11) is 0. The first-order chi connectivity index (χ1) is 14.8. The van der Waals surface area contributed by atoms with Crippen LogP contribution in [-0.4, -0.2) is 0 Å². The zero-order valence-corrected chi connectivity index (χ0v) is 18.6. The van der Waals surface area contributed by atoms with Gasteiger partial charge in [0, 0.05) is 27.7 Å². The number of halogens is 1. The third-order valence-corrected chi connectivity index (χ3v) is 6.63. The minimum absolute atomic E-state index is 0.840. The molecule has 4 heteroatoms. The Bertz CT molecular complexity index is 1320. The second kappa shape index (κ2) is 8.42. The van der Waals surface area contributed by atoms with Crippen LogP contribution in [0.25, 0.3) is 33.7 Å². The fraction of sp³-hybridized carbons (Fsp3) is 0.0385. The van der Waals surface area contributed by atoms with Gasteiger partial charge in [-0.15, -0.1) is 0 Å². The molecule has 0 amide bonds. The molecule has 0 aliphatic rings. The molecule has 5 rings (SSSR count). The molecule has 0 bridgehead atoms. The number of aromatic nitrogens is 1. The molecule has 0 aliphatic carbocycles. The highest BCUT2D eigenvalue weighted by Crippen LogP contribution is 2.26. The van der Waals surface area contributed by atoms with E-state index in [2.05, 4.69) is 99.4 Å². The summed E-state index contributed by atoms with van der Waals surface area (Å²) in [5, 5.41) is 1.20. The molecule has 0 radical (unpaired) electrons. The van der Waals surface area contributed by atoms with Gasteiger partial charge in [0.25, 0.3) is 5.01 Å². The van der Waals surface area contributed by atoms with Crippen molar-refractivity contribution in [3.05, 3.63) is 112 Å². The average Bonchev–Trinajstić information content (AvgIpc) is 3.39. The second-order valence-corrected chi connectivity index (χ2v) is 9.00. The first-order valence-electron chi connectivity index (χ1n) is 9.75. The molecule has 5 aromatic rings. The van der Waals surface area contributed by atoms with Gasteiger partial charge in [0.2, 0.25) is 5.52 Å². The number of fused-ring (bicyclic) bond motifs is 1. The lowest BCUT2D eigenvalue weighted by atomic mass is 10.2. The predicted octanol–water partition coefficient (Wildman–Crippen LogP) is 7.43. The summed E-state index contributed by atoms with van der Waals surface area (Å²) in [5.74, 6) is 1.72. The molecule has 0 spiro atoms. The number of hydrogen-bond donors (Lipinski definition) is 0. The minimum atomic E-state index is 0.840. The number of hydrogen-bond acceptors (Lipinski definition) is 2. The highest BCUT2D eigenvalue weighted by atomic mass is 79.9. The summed E-state index contributed by atoms with van der Waals surface area (Å²) in [5.41, 5.74) is 3.61. The third-order valence-electron chi connectivity index (χ3n) is 4.97. The molecule has 3 aromatic carbocycles. The fourth-order valence-electron chi connectivity index (χ4n) is 3.47. The quantitative estimate of drug-likeness (QED) is 0.243. The van der Waals surface area contributed by atoms with Gasteiger partial charge in [-0.1, -0.05) is 81.9 Å². The minimum Gasteiger partial charge on any atom is -0.457 e. The standard InChI is InChI=1S/C26H19BrNOS/c27-21-12-10-20(11-13-21)24-16-14-22(29-24)15-17-26-28(18-19-6-2-1-3-7-19)23-8-4-5-9-25(23)30-26/h1-17H,18H2/q+1/b17-15+. The van der Waals surface area contributed by atoms with Gasteiger partial charge in [0.05, 0.1) is 0 Å². The van der Waals surface area contributed by atoms with Crippen molar-refractivity contribution in [3.8, 4) is 11.3 Å². The van der Waals surface area contributed by atoms with Crippen molar-refractivity contribution in [1.29, 1.82) is 0 Å². The fourth-order valence-corrected chi connectivity index (χ4v) is 4.80. The smallest absolute Gasteiger partial charge is 0.263 e. The van der Waals surface area contributed by atoms with Crippen LogP contribution in [0.4, 0.5) is 0 Å². The van der Waals surface area contributed by atoms with Crippen molar-refractivity contribution < 1.29 is 8.98 Å². The number of benzene rings is 3. The first-order valence-corrected chi connectivity index (χ1v) is 11.4. The van der Waals surface area contributed by atoms with Gasteiger partial charge in [0.1, 0.15) is 16.2 Å². The summed E-state index contributed by atoms with van der Waals surface area (Å²) in [4.78, 5) is 0. The van der Waals surface area contributed by atoms with Crippen LogP contribution in [0.3, 0.4) is 0 Å². The van der Waals surface area contributed by atoms with E-state index in [0.717, 1.165) is 28.1 Å². The maximum absolute atomic E-state index is 6.06. The maximum atomic E-state index is 6.06. The van der Waals surface area contributed by atoms with E-state index in [1.165, 1.54) is 20.8 Å². The zero-order valence-electron chi connectivity index (χ0n) is 16.2. The van der Waals surface area contributed by atoms with E-state index in [1.807, 2.05) is 24.3 Å². The van der Waals surface area contributed by atoms with E-state index in [0.29, 0.717) is 0 Å². The molecule has 146 valence electrons. The van der Waals surface area contributed by atoms with E-state index in [1.54, 1.807) is 11.3 Å². The van der Waals surface area contributed by atoms with Gasteiger partial charge >= 0.3 is 0 Å². The number of nitrogens with zero attached hydrogens (tertiary/aromatic N) is 1. The van der Waals surface area contributed by atoms with Crippen molar-refractivity contribution in [3.63, 3.8) is 0 Å². The normalized spacial score (nSPS) is 11.5. The summed E-state index contributed by atoms with van der Waals surface area (Å²) in [6.45, 7) is 0.840. The van der Waals surface area contributed by atoms with Crippen LogP contribution in [0.15, 0.2) is 99.9 Å². The van der Waals surface area contributed by atoms with Crippen molar-refractivity contribution in [1.82, 2.24) is 0 Å². The molecule has 0 aliphatic heterocycles. The summed E-state index contributed by atoms with van der Waals surface area (Å²) in [6.07, 6.45) is 4.20. The Morgan fingerprint density at radius 2 is 1.57 bits per heavy atom. The largest absolute Gasteiger partial charge is 0.457 e. The number of furan rings is 1. The number of rotatable bonds is 5. The molecular weight excluding hydrogens is 454 g/mol. The van der Waals surface area contributed by atoms with E-state index in [-0.39, 0.29) is 0 Å². The molecule has 30 heavy (non-hydrogen) atoms. The van der Waals surface area contributed by atoms with Gasteiger partial charge in [-0.3, -0.25) is 0 Å². The molecule has 0 N–H and O–H groups in total. The Labute approximate surface area is 187 Å².